The number of hydrogen-bond donors (Lipinski definition) is 0. The lowest BCUT2D eigenvalue weighted by Gasteiger charge is -2.34. The average Bonchev–Trinajstić information content (AvgIpc) is 3.15. The molecule has 3 rings (SSSR count). The van der Waals surface area contributed by atoms with Crippen molar-refractivity contribution in [1.82, 2.24) is 19.9 Å². The van der Waals surface area contributed by atoms with E-state index in [0.717, 1.165) is 5.56 Å². The largest absolute Gasteiger partial charge is 0.466 e. The first-order chi connectivity index (χ1) is 13.5. The van der Waals surface area contributed by atoms with Crippen LogP contribution in [0, 0.1) is 0 Å². The number of amides is 1. The van der Waals surface area contributed by atoms with Crippen LogP contribution in [0.1, 0.15) is 25.6 Å². The topological polar surface area (TPSA) is 88.8 Å². The Morgan fingerprint density at radius 2 is 2.00 bits per heavy atom. The summed E-state index contributed by atoms with van der Waals surface area (Å²) >= 11 is 6.00. The summed E-state index contributed by atoms with van der Waals surface area (Å²) in [5, 5.41) is 4.65. The van der Waals surface area contributed by atoms with Crippen LogP contribution in [-0.4, -0.2) is 64.6 Å². The highest BCUT2D eigenvalue weighted by atomic mass is 35.5. The van der Waals surface area contributed by atoms with E-state index in [1.165, 1.54) is 0 Å². The van der Waals surface area contributed by atoms with Crippen LogP contribution in [0.15, 0.2) is 28.8 Å². The Morgan fingerprint density at radius 3 is 2.71 bits per heavy atom. The minimum Gasteiger partial charge on any atom is -0.466 e. The predicted octanol–water partition coefficient (Wildman–Crippen LogP) is 2.38. The van der Waals surface area contributed by atoms with Crippen LogP contribution in [0.4, 0.5) is 0 Å². The summed E-state index contributed by atoms with van der Waals surface area (Å²) in [6, 6.07) is 7.26. The summed E-state index contributed by atoms with van der Waals surface area (Å²) in [7, 11) is 0. The maximum absolute atomic E-state index is 12.2. The van der Waals surface area contributed by atoms with Crippen molar-refractivity contribution in [3.8, 4) is 11.5 Å². The van der Waals surface area contributed by atoms with Gasteiger partial charge in [-0.15, -0.1) is 0 Å². The molecular weight excluding hydrogens is 384 g/mol. The van der Waals surface area contributed by atoms with Crippen LogP contribution < -0.4 is 0 Å². The van der Waals surface area contributed by atoms with E-state index in [2.05, 4.69) is 15.0 Å². The predicted molar refractivity (Wildman–Crippen MR) is 102 cm³/mol. The Hall–Kier alpha value is -2.45. The molecular formula is C19H23ClN4O4. The molecule has 2 heterocycles. The first-order valence-corrected chi connectivity index (χ1v) is 9.67. The summed E-state index contributed by atoms with van der Waals surface area (Å²) in [6.45, 7) is 5.29. The molecule has 0 N–H and O–H groups in total. The zero-order chi connectivity index (χ0) is 19.9. The molecule has 1 aromatic carbocycles. The smallest absolute Gasteiger partial charge is 0.306 e. The third kappa shape index (κ3) is 5.53. The lowest BCUT2D eigenvalue weighted by Crippen LogP contribution is -2.48. The molecule has 150 valence electrons. The van der Waals surface area contributed by atoms with Crippen LogP contribution in [0.2, 0.25) is 5.02 Å². The lowest BCUT2D eigenvalue weighted by atomic mass is 10.2. The average molecular weight is 407 g/mol. The van der Waals surface area contributed by atoms with Gasteiger partial charge in [-0.2, -0.15) is 4.98 Å². The molecule has 1 amide bonds. The molecule has 1 fully saturated rings. The highest BCUT2D eigenvalue weighted by molar-refractivity contribution is 6.30. The van der Waals surface area contributed by atoms with E-state index in [1.54, 1.807) is 24.0 Å². The summed E-state index contributed by atoms with van der Waals surface area (Å²) < 4.78 is 10.2. The van der Waals surface area contributed by atoms with Gasteiger partial charge in [-0.1, -0.05) is 22.8 Å². The molecule has 9 heteroatoms. The summed E-state index contributed by atoms with van der Waals surface area (Å²) in [5.41, 5.74) is 0.781. The van der Waals surface area contributed by atoms with Gasteiger partial charge < -0.3 is 14.2 Å². The second-order valence-corrected chi connectivity index (χ2v) is 6.92. The fraction of sp³-hybridized carbons (Fsp3) is 0.474. The van der Waals surface area contributed by atoms with Gasteiger partial charge >= 0.3 is 5.97 Å². The number of nitrogens with zero attached hydrogens (tertiary/aromatic N) is 4. The first kappa shape index (κ1) is 20.3. The van der Waals surface area contributed by atoms with Gasteiger partial charge in [0, 0.05) is 43.2 Å². The molecule has 0 radical (unpaired) electrons. The number of aromatic nitrogens is 2. The van der Waals surface area contributed by atoms with Gasteiger partial charge in [0.2, 0.25) is 5.91 Å². The second-order valence-electron chi connectivity index (χ2n) is 6.49. The van der Waals surface area contributed by atoms with Crippen molar-refractivity contribution in [1.29, 1.82) is 0 Å². The molecule has 0 atom stereocenters. The number of carbonyl (C=O) groups is 2. The Bertz CT molecular complexity index is 818. The summed E-state index contributed by atoms with van der Waals surface area (Å²) in [6.07, 6.45) is 0.314. The molecule has 1 saturated heterocycles. The molecule has 1 aliphatic heterocycles. The molecule has 28 heavy (non-hydrogen) atoms. The van der Waals surface area contributed by atoms with E-state index in [0.29, 0.717) is 56.1 Å². The van der Waals surface area contributed by atoms with E-state index >= 15 is 0 Å². The van der Waals surface area contributed by atoms with Gasteiger partial charge in [-0.3, -0.25) is 14.5 Å². The van der Waals surface area contributed by atoms with Crippen molar-refractivity contribution >= 4 is 23.5 Å². The van der Waals surface area contributed by atoms with Gasteiger partial charge in [0.25, 0.3) is 5.89 Å². The van der Waals surface area contributed by atoms with Crippen molar-refractivity contribution in [2.75, 3.05) is 32.8 Å². The third-order valence-corrected chi connectivity index (χ3v) is 4.71. The maximum Gasteiger partial charge on any atom is 0.306 e. The van der Waals surface area contributed by atoms with E-state index in [-0.39, 0.29) is 24.7 Å². The Kier molecular flexibility index (Phi) is 7.00. The number of benzene rings is 1. The quantitative estimate of drug-likeness (QED) is 0.652. The molecule has 0 aliphatic carbocycles. The van der Waals surface area contributed by atoms with Crippen LogP contribution in [-0.2, 0) is 20.9 Å². The molecule has 2 aromatic rings. The summed E-state index contributed by atoms with van der Waals surface area (Å²) in [5.74, 6) is 0.681. The molecule has 8 nitrogen and oxygen atoms in total. The third-order valence-electron chi connectivity index (χ3n) is 4.48. The van der Waals surface area contributed by atoms with Crippen LogP contribution in [0.5, 0.6) is 0 Å². The summed E-state index contributed by atoms with van der Waals surface area (Å²) in [4.78, 5) is 32.0. The lowest BCUT2D eigenvalue weighted by molar-refractivity contribution is -0.146. The number of hydrogen-bond acceptors (Lipinski definition) is 7. The van der Waals surface area contributed by atoms with Crippen molar-refractivity contribution in [2.45, 2.75) is 26.3 Å². The first-order valence-electron chi connectivity index (χ1n) is 9.29. The van der Waals surface area contributed by atoms with Gasteiger partial charge in [-0.05, 0) is 25.1 Å². The number of carbonyl (C=O) groups excluding carboxylic acids is 2. The highest BCUT2D eigenvalue weighted by Crippen LogP contribution is 2.21. The molecule has 1 aliphatic rings. The Morgan fingerprint density at radius 1 is 1.21 bits per heavy atom. The minimum absolute atomic E-state index is 0.0180. The maximum atomic E-state index is 12.2. The Balaban J connectivity index is 1.46. The Labute approximate surface area is 168 Å². The van der Waals surface area contributed by atoms with Crippen molar-refractivity contribution in [3.05, 3.63) is 35.1 Å². The van der Waals surface area contributed by atoms with Crippen LogP contribution >= 0.6 is 11.6 Å². The SMILES string of the molecule is CCOC(=O)CCC(=O)N1CCN(Cc2noc(-c3cccc(Cl)c3)n2)CC1. The van der Waals surface area contributed by atoms with Crippen molar-refractivity contribution in [3.63, 3.8) is 0 Å². The zero-order valence-electron chi connectivity index (χ0n) is 15.8. The fourth-order valence-electron chi connectivity index (χ4n) is 3.01. The monoisotopic (exact) mass is 406 g/mol. The van der Waals surface area contributed by atoms with Crippen LogP contribution in [0.3, 0.4) is 0 Å². The normalized spacial score (nSPS) is 14.9. The standard InChI is InChI=1S/C19H23ClN4O4/c1-2-27-18(26)7-6-17(25)24-10-8-23(9-11-24)13-16-21-19(28-22-16)14-4-3-5-15(20)12-14/h3-5,12H,2,6-11,13H2,1H3. The van der Waals surface area contributed by atoms with E-state index in [1.807, 2.05) is 12.1 Å². The molecule has 1 aromatic heterocycles. The number of piperazine rings is 1. The van der Waals surface area contributed by atoms with Gasteiger partial charge in [-0.25, -0.2) is 0 Å². The van der Waals surface area contributed by atoms with E-state index < -0.39 is 0 Å². The molecule has 0 bridgehead atoms. The molecule has 0 unspecified atom stereocenters. The van der Waals surface area contributed by atoms with Gasteiger partial charge in [0.05, 0.1) is 19.6 Å². The number of halogens is 1. The number of esters is 1. The number of ether oxygens (including phenoxy) is 1. The van der Waals surface area contributed by atoms with E-state index in [9.17, 15) is 9.59 Å². The minimum atomic E-state index is -0.331. The molecule has 0 saturated carbocycles. The zero-order valence-corrected chi connectivity index (χ0v) is 16.5. The van der Waals surface area contributed by atoms with Crippen LogP contribution in [0.25, 0.3) is 11.5 Å². The van der Waals surface area contributed by atoms with E-state index in [4.69, 9.17) is 20.9 Å². The van der Waals surface area contributed by atoms with Gasteiger partial charge in [0.15, 0.2) is 5.82 Å². The van der Waals surface area contributed by atoms with Crippen molar-refractivity contribution in [2.24, 2.45) is 0 Å². The molecule has 0 spiro atoms. The fourth-order valence-corrected chi connectivity index (χ4v) is 3.20. The number of rotatable bonds is 7. The van der Waals surface area contributed by atoms with Gasteiger partial charge in [0.1, 0.15) is 0 Å². The second kappa shape index (κ2) is 9.66. The highest BCUT2D eigenvalue weighted by Gasteiger charge is 2.23. The van der Waals surface area contributed by atoms with Crippen molar-refractivity contribution < 1.29 is 18.8 Å².